The Morgan fingerprint density at radius 2 is 1.71 bits per heavy atom. The second-order valence-corrected chi connectivity index (χ2v) is 5.10. The van der Waals surface area contributed by atoms with Crippen molar-refractivity contribution in [1.29, 1.82) is 0 Å². The Kier molecular flexibility index (Phi) is 5.68. The first-order valence-electron chi connectivity index (χ1n) is 7.32. The van der Waals surface area contributed by atoms with Gasteiger partial charge in [0.1, 0.15) is 5.75 Å². The van der Waals surface area contributed by atoms with Gasteiger partial charge in [0.2, 0.25) is 5.91 Å². The van der Waals surface area contributed by atoms with Crippen molar-refractivity contribution >= 4 is 23.3 Å². The predicted molar refractivity (Wildman–Crippen MR) is 90.4 cm³/mol. The maximum Gasteiger partial charge on any atom is 0.251 e. The zero-order chi connectivity index (χ0) is 17.5. The Balaban J connectivity index is 1.88. The summed E-state index contributed by atoms with van der Waals surface area (Å²) in [6, 6.07) is 13.2. The van der Waals surface area contributed by atoms with Crippen LogP contribution in [0.15, 0.2) is 48.5 Å². The number of amides is 2. The average molecular weight is 326 g/mol. The average Bonchev–Trinajstić information content (AvgIpc) is 2.60. The van der Waals surface area contributed by atoms with Crippen LogP contribution in [0.2, 0.25) is 0 Å². The number of nitrogens with one attached hydrogen (secondary N) is 2. The number of Topliss-reactive ketones (excluding diaryl/α,β-unsaturated/α-hetero) is 1. The fourth-order valence-corrected chi connectivity index (χ4v) is 2.02. The van der Waals surface area contributed by atoms with Crippen LogP contribution in [-0.4, -0.2) is 31.3 Å². The Hall–Kier alpha value is -3.15. The van der Waals surface area contributed by atoms with Crippen molar-refractivity contribution in [3.05, 3.63) is 59.7 Å². The summed E-state index contributed by atoms with van der Waals surface area (Å²) in [4.78, 5) is 35.1. The number of rotatable bonds is 6. The maximum absolute atomic E-state index is 12.0. The van der Waals surface area contributed by atoms with Crippen LogP contribution in [-0.2, 0) is 4.79 Å². The molecule has 24 heavy (non-hydrogen) atoms. The third-order valence-corrected chi connectivity index (χ3v) is 3.32. The van der Waals surface area contributed by atoms with Gasteiger partial charge < -0.3 is 15.4 Å². The number of ether oxygens (including phenoxy) is 1. The molecular formula is C18H18N2O4. The van der Waals surface area contributed by atoms with Crippen molar-refractivity contribution in [3.63, 3.8) is 0 Å². The molecule has 0 aromatic heterocycles. The first-order chi connectivity index (χ1) is 11.5. The summed E-state index contributed by atoms with van der Waals surface area (Å²) < 4.78 is 5.05. The van der Waals surface area contributed by atoms with Crippen molar-refractivity contribution < 1.29 is 19.1 Å². The van der Waals surface area contributed by atoms with Gasteiger partial charge in [-0.1, -0.05) is 6.07 Å². The van der Waals surface area contributed by atoms with Crippen LogP contribution in [0.4, 0.5) is 5.69 Å². The minimum atomic E-state index is -0.365. The van der Waals surface area contributed by atoms with Crippen molar-refractivity contribution in [1.82, 2.24) is 5.32 Å². The molecule has 0 aliphatic rings. The summed E-state index contributed by atoms with van der Waals surface area (Å²) in [7, 11) is 1.52. The van der Waals surface area contributed by atoms with E-state index in [0.717, 1.165) is 0 Å². The lowest BCUT2D eigenvalue weighted by molar-refractivity contribution is -0.115. The third kappa shape index (κ3) is 4.67. The zero-order valence-electron chi connectivity index (χ0n) is 13.5. The number of hydrogen-bond acceptors (Lipinski definition) is 4. The largest absolute Gasteiger partial charge is 0.497 e. The van der Waals surface area contributed by atoms with Gasteiger partial charge in [0, 0.05) is 16.8 Å². The number of hydrogen-bond donors (Lipinski definition) is 2. The molecule has 2 N–H and O–H groups in total. The molecule has 6 heteroatoms. The highest BCUT2D eigenvalue weighted by molar-refractivity contribution is 6.00. The molecule has 6 nitrogen and oxygen atoms in total. The quantitative estimate of drug-likeness (QED) is 0.798. The molecule has 0 radical (unpaired) electrons. The Morgan fingerprint density at radius 3 is 2.33 bits per heavy atom. The Labute approximate surface area is 139 Å². The van der Waals surface area contributed by atoms with E-state index in [1.807, 2.05) is 0 Å². The van der Waals surface area contributed by atoms with Gasteiger partial charge in [-0.05, 0) is 49.4 Å². The molecule has 2 aromatic rings. The Morgan fingerprint density at radius 1 is 1.00 bits per heavy atom. The summed E-state index contributed by atoms with van der Waals surface area (Å²) in [5.74, 6) is -0.200. The summed E-state index contributed by atoms with van der Waals surface area (Å²) in [5, 5.41) is 5.19. The molecule has 2 amide bonds. The van der Waals surface area contributed by atoms with Crippen molar-refractivity contribution in [2.24, 2.45) is 0 Å². The molecule has 0 unspecified atom stereocenters. The molecular weight excluding hydrogens is 308 g/mol. The van der Waals surface area contributed by atoms with Gasteiger partial charge >= 0.3 is 0 Å². The highest BCUT2D eigenvalue weighted by atomic mass is 16.5. The predicted octanol–water partition coefficient (Wildman–Crippen LogP) is 2.27. The number of methoxy groups -OCH3 is 1. The van der Waals surface area contributed by atoms with Crippen molar-refractivity contribution in [3.8, 4) is 5.75 Å². The highest BCUT2D eigenvalue weighted by Gasteiger charge is 2.09. The first-order valence-corrected chi connectivity index (χ1v) is 7.32. The number of ketones is 1. The number of carbonyl (C=O) groups excluding carboxylic acids is 3. The minimum absolute atomic E-state index is 0.0431. The second-order valence-electron chi connectivity index (χ2n) is 5.10. The molecule has 0 aliphatic carbocycles. The fourth-order valence-electron chi connectivity index (χ4n) is 2.02. The van der Waals surface area contributed by atoms with Gasteiger partial charge in [-0.15, -0.1) is 0 Å². The summed E-state index contributed by atoms with van der Waals surface area (Å²) in [6.07, 6.45) is 0. The molecule has 0 saturated heterocycles. The number of carbonyl (C=O) groups is 3. The summed E-state index contributed by atoms with van der Waals surface area (Å²) in [5.41, 5.74) is 1.54. The molecule has 2 rings (SSSR count). The zero-order valence-corrected chi connectivity index (χ0v) is 13.5. The molecule has 0 atom stereocenters. The SMILES string of the molecule is COc1cccc(C(=O)NCC(=O)Nc2ccc(C(C)=O)cc2)c1. The van der Waals surface area contributed by atoms with E-state index >= 15 is 0 Å². The van der Waals surface area contributed by atoms with Crippen LogP contribution in [0.3, 0.4) is 0 Å². The van der Waals surface area contributed by atoms with Crippen LogP contribution in [0.5, 0.6) is 5.75 Å². The topological polar surface area (TPSA) is 84.5 Å². The highest BCUT2D eigenvalue weighted by Crippen LogP contribution is 2.12. The molecule has 0 spiro atoms. The van der Waals surface area contributed by atoms with Gasteiger partial charge in [-0.2, -0.15) is 0 Å². The molecule has 2 aromatic carbocycles. The number of benzene rings is 2. The van der Waals surface area contributed by atoms with Crippen LogP contribution < -0.4 is 15.4 Å². The van der Waals surface area contributed by atoms with E-state index in [0.29, 0.717) is 22.6 Å². The van der Waals surface area contributed by atoms with Crippen molar-refractivity contribution in [2.75, 3.05) is 19.0 Å². The summed E-state index contributed by atoms with van der Waals surface area (Å²) in [6.45, 7) is 1.31. The monoisotopic (exact) mass is 326 g/mol. The van der Waals surface area contributed by atoms with E-state index < -0.39 is 0 Å². The van der Waals surface area contributed by atoms with Gasteiger partial charge in [-0.3, -0.25) is 14.4 Å². The van der Waals surface area contributed by atoms with Crippen molar-refractivity contribution in [2.45, 2.75) is 6.92 Å². The minimum Gasteiger partial charge on any atom is -0.497 e. The normalized spacial score (nSPS) is 9.92. The lowest BCUT2D eigenvalue weighted by Gasteiger charge is -2.08. The van der Waals surface area contributed by atoms with Crippen LogP contribution >= 0.6 is 0 Å². The molecule has 0 aliphatic heterocycles. The van der Waals surface area contributed by atoms with E-state index in [2.05, 4.69) is 10.6 Å². The molecule has 0 saturated carbocycles. The van der Waals surface area contributed by atoms with Crippen LogP contribution in [0.25, 0.3) is 0 Å². The van der Waals surface area contributed by atoms with E-state index in [4.69, 9.17) is 4.74 Å². The molecule has 124 valence electrons. The van der Waals surface area contributed by atoms with Gasteiger partial charge in [0.15, 0.2) is 5.78 Å². The lowest BCUT2D eigenvalue weighted by atomic mass is 10.1. The van der Waals surface area contributed by atoms with E-state index in [9.17, 15) is 14.4 Å². The van der Waals surface area contributed by atoms with E-state index in [1.165, 1.54) is 14.0 Å². The molecule has 0 heterocycles. The maximum atomic E-state index is 12.0. The van der Waals surface area contributed by atoms with Crippen LogP contribution in [0.1, 0.15) is 27.6 Å². The second kappa shape index (κ2) is 7.92. The Bertz CT molecular complexity index is 754. The van der Waals surface area contributed by atoms with Crippen LogP contribution in [0, 0.1) is 0 Å². The standard InChI is InChI=1S/C18H18N2O4/c1-12(21)13-6-8-15(9-7-13)20-17(22)11-19-18(23)14-4-3-5-16(10-14)24-2/h3-10H,11H2,1-2H3,(H,19,23)(H,20,22). The number of anilines is 1. The molecule has 0 fully saturated rings. The molecule has 0 bridgehead atoms. The smallest absolute Gasteiger partial charge is 0.251 e. The van der Waals surface area contributed by atoms with E-state index in [-0.39, 0.29) is 24.1 Å². The van der Waals surface area contributed by atoms with Gasteiger partial charge in [0.05, 0.1) is 13.7 Å². The lowest BCUT2D eigenvalue weighted by Crippen LogP contribution is -2.32. The van der Waals surface area contributed by atoms with Gasteiger partial charge in [-0.25, -0.2) is 0 Å². The first kappa shape index (κ1) is 17.2. The van der Waals surface area contributed by atoms with E-state index in [1.54, 1.807) is 48.5 Å². The fraction of sp³-hybridized carbons (Fsp3) is 0.167. The summed E-state index contributed by atoms with van der Waals surface area (Å²) >= 11 is 0. The van der Waals surface area contributed by atoms with Gasteiger partial charge in [0.25, 0.3) is 5.91 Å². The third-order valence-electron chi connectivity index (χ3n) is 3.32.